The highest BCUT2D eigenvalue weighted by atomic mass is 16.3. The quantitative estimate of drug-likeness (QED) is 0.440. The van der Waals surface area contributed by atoms with Gasteiger partial charge in [0.25, 0.3) is 5.56 Å². The van der Waals surface area contributed by atoms with Crippen molar-refractivity contribution in [3.63, 3.8) is 0 Å². The molecule has 2 aromatic carbocycles. The fourth-order valence-electron chi connectivity index (χ4n) is 4.20. The van der Waals surface area contributed by atoms with Crippen LogP contribution in [-0.4, -0.2) is 26.7 Å². The Morgan fingerprint density at radius 2 is 1.84 bits per heavy atom. The Balaban J connectivity index is 1.61. The van der Waals surface area contributed by atoms with E-state index in [9.17, 15) is 15.2 Å². The van der Waals surface area contributed by atoms with Gasteiger partial charge in [0.05, 0.1) is 29.2 Å². The van der Waals surface area contributed by atoms with Crippen LogP contribution in [0.4, 0.5) is 5.69 Å². The summed E-state index contributed by atoms with van der Waals surface area (Å²) >= 11 is 0. The summed E-state index contributed by atoms with van der Waals surface area (Å²) in [7, 11) is 0. The van der Waals surface area contributed by atoms with Gasteiger partial charge < -0.3 is 15.0 Å². The van der Waals surface area contributed by atoms with Gasteiger partial charge in [-0.1, -0.05) is 37.6 Å². The van der Waals surface area contributed by atoms with Crippen LogP contribution in [0.3, 0.4) is 0 Å². The number of anilines is 1. The van der Waals surface area contributed by atoms with E-state index in [-0.39, 0.29) is 12.1 Å². The molecule has 2 heterocycles. The number of nitrogens with one attached hydrogen (secondary N) is 1. The maximum absolute atomic E-state index is 12.8. The minimum absolute atomic E-state index is 0.178. The van der Waals surface area contributed by atoms with E-state index in [2.05, 4.69) is 30.4 Å². The fraction of sp³-hybridized carbons (Fsp3) is 0.308. The summed E-state index contributed by atoms with van der Waals surface area (Å²) < 4.78 is 3.44. The monoisotopic (exact) mass is 428 g/mol. The van der Waals surface area contributed by atoms with Crippen LogP contribution < -0.4 is 10.9 Å². The molecule has 164 valence electrons. The van der Waals surface area contributed by atoms with Gasteiger partial charge in [-0.15, -0.1) is 0 Å². The molecular formula is C26H28N4O2. The van der Waals surface area contributed by atoms with Crippen LogP contribution in [0.2, 0.25) is 0 Å². The molecule has 2 N–H and O–H groups in total. The molecule has 0 saturated carbocycles. The molecular weight excluding hydrogens is 400 g/mol. The Morgan fingerprint density at radius 1 is 1.12 bits per heavy atom. The van der Waals surface area contributed by atoms with Crippen molar-refractivity contribution in [2.24, 2.45) is 0 Å². The van der Waals surface area contributed by atoms with Gasteiger partial charge in [0.1, 0.15) is 11.7 Å². The van der Waals surface area contributed by atoms with Gasteiger partial charge in [0.15, 0.2) is 0 Å². The predicted molar refractivity (Wildman–Crippen MR) is 128 cm³/mol. The first kappa shape index (κ1) is 21.7. The number of imidazole rings is 1. The summed E-state index contributed by atoms with van der Waals surface area (Å²) in [6.45, 7) is 4.57. The Bertz CT molecular complexity index is 1340. The highest BCUT2D eigenvalue weighted by Gasteiger charge is 2.19. The van der Waals surface area contributed by atoms with Gasteiger partial charge in [0.2, 0.25) is 0 Å². The van der Waals surface area contributed by atoms with Gasteiger partial charge in [-0.05, 0) is 55.2 Å². The summed E-state index contributed by atoms with van der Waals surface area (Å²) in [5.74, 6) is 0. The lowest BCUT2D eigenvalue weighted by molar-refractivity contribution is 0.169. The number of para-hydroxylation sites is 2. The van der Waals surface area contributed by atoms with E-state index in [0.29, 0.717) is 23.3 Å². The van der Waals surface area contributed by atoms with Crippen molar-refractivity contribution in [2.45, 2.75) is 45.8 Å². The van der Waals surface area contributed by atoms with Crippen LogP contribution >= 0.6 is 0 Å². The molecule has 0 amide bonds. The fourth-order valence-corrected chi connectivity index (χ4v) is 4.20. The summed E-state index contributed by atoms with van der Waals surface area (Å²) in [6, 6.07) is 19.6. The van der Waals surface area contributed by atoms with Gasteiger partial charge in [-0.2, -0.15) is 5.26 Å². The summed E-state index contributed by atoms with van der Waals surface area (Å²) in [6.07, 6.45) is 2.72. The van der Waals surface area contributed by atoms with Crippen LogP contribution in [0.5, 0.6) is 0 Å². The van der Waals surface area contributed by atoms with Crippen LogP contribution in [0.25, 0.3) is 16.7 Å². The van der Waals surface area contributed by atoms with Crippen molar-refractivity contribution in [2.75, 3.05) is 11.9 Å². The van der Waals surface area contributed by atoms with Crippen LogP contribution in [0.15, 0.2) is 59.4 Å². The van der Waals surface area contributed by atoms with Crippen molar-refractivity contribution in [1.29, 1.82) is 5.26 Å². The number of aliphatic hydroxyl groups is 1. The second kappa shape index (κ2) is 9.29. The number of unbranched alkanes of at least 4 members (excludes halogenated alkanes) is 1. The van der Waals surface area contributed by atoms with Gasteiger partial charge in [-0.3, -0.25) is 9.20 Å². The van der Waals surface area contributed by atoms with Crippen LogP contribution in [0.1, 0.15) is 36.5 Å². The van der Waals surface area contributed by atoms with E-state index >= 15 is 0 Å². The maximum Gasteiger partial charge on any atom is 0.257 e. The molecule has 4 rings (SSSR count). The molecule has 0 saturated heterocycles. The van der Waals surface area contributed by atoms with E-state index in [4.69, 9.17) is 0 Å². The first-order valence-electron chi connectivity index (χ1n) is 11.1. The Labute approximate surface area is 187 Å². The number of fused-ring (bicyclic) bond motifs is 3. The lowest BCUT2D eigenvalue weighted by Crippen LogP contribution is -2.25. The van der Waals surface area contributed by atoms with Crippen LogP contribution in [0, 0.1) is 18.3 Å². The lowest BCUT2D eigenvalue weighted by atomic mass is 10.1. The zero-order chi connectivity index (χ0) is 22.7. The first-order valence-corrected chi connectivity index (χ1v) is 11.1. The Hall–Kier alpha value is -3.56. The van der Waals surface area contributed by atoms with Crippen molar-refractivity contribution < 1.29 is 5.11 Å². The third-order valence-corrected chi connectivity index (χ3v) is 5.88. The highest BCUT2D eigenvalue weighted by Crippen LogP contribution is 2.24. The number of benzene rings is 2. The molecule has 0 fully saturated rings. The predicted octanol–water partition coefficient (Wildman–Crippen LogP) is 4.25. The molecule has 2 aromatic heterocycles. The first-order chi connectivity index (χ1) is 15.5. The molecule has 0 aliphatic carbocycles. The second-order valence-corrected chi connectivity index (χ2v) is 8.25. The SMILES string of the molecule is CCCCc1ccc(NC[C@H](O)Cn2c3ccccc3n3c(=O)cc(C)c(C#N)c23)cc1. The Morgan fingerprint density at radius 3 is 2.53 bits per heavy atom. The molecule has 0 bridgehead atoms. The third kappa shape index (κ3) is 4.12. The minimum Gasteiger partial charge on any atom is -0.389 e. The van der Waals surface area contributed by atoms with E-state index in [1.165, 1.54) is 24.5 Å². The van der Waals surface area contributed by atoms with Gasteiger partial charge in [-0.25, -0.2) is 0 Å². The number of aromatic nitrogens is 2. The zero-order valence-corrected chi connectivity index (χ0v) is 18.5. The smallest absolute Gasteiger partial charge is 0.257 e. The number of pyridine rings is 1. The zero-order valence-electron chi connectivity index (χ0n) is 18.5. The minimum atomic E-state index is -0.712. The standard InChI is InChI=1S/C26H28N4O2/c1-3-4-7-19-10-12-20(13-11-19)28-16-21(31)17-29-23-8-5-6-9-24(23)30-25(32)14-18(2)22(15-27)26(29)30/h5-6,8-14,21,28,31H,3-4,7,16-17H2,1-2H3/t21-/m0/s1. The largest absolute Gasteiger partial charge is 0.389 e. The number of hydrogen-bond donors (Lipinski definition) is 2. The van der Waals surface area contributed by atoms with Crippen molar-refractivity contribution in [3.05, 3.63) is 81.6 Å². The summed E-state index contributed by atoms with van der Waals surface area (Å²) in [4.78, 5) is 12.8. The molecule has 0 aliphatic heterocycles. The number of aryl methyl sites for hydroxylation is 2. The molecule has 0 aliphatic rings. The van der Waals surface area contributed by atoms with E-state index in [1.807, 2.05) is 41.0 Å². The van der Waals surface area contributed by atoms with E-state index in [1.54, 1.807) is 11.3 Å². The molecule has 0 radical (unpaired) electrons. The number of rotatable bonds is 8. The number of hydrogen-bond acceptors (Lipinski definition) is 4. The number of nitriles is 1. The summed E-state index contributed by atoms with van der Waals surface area (Å²) in [5, 5.41) is 23.9. The van der Waals surface area contributed by atoms with Crippen molar-refractivity contribution in [1.82, 2.24) is 8.97 Å². The van der Waals surface area contributed by atoms with E-state index in [0.717, 1.165) is 23.1 Å². The lowest BCUT2D eigenvalue weighted by Gasteiger charge is -2.16. The van der Waals surface area contributed by atoms with Crippen LogP contribution in [-0.2, 0) is 13.0 Å². The molecule has 1 atom stereocenters. The maximum atomic E-state index is 12.8. The highest BCUT2D eigenvalue weighted by molar-refractivity contribution is 5.84. The van der Waals surface area contributed by atoms with Crippen molar-refractivity contribution in [3.8, 4) is 6.07 Å². The van der Waals surface area contributed by atoms with Crippen molar-refractivity contribution >= 4 is 22.4 Å². The third-order valence-electron chi connectivity index (χ3n) is 5.88. The normalized spacial score (nSPS) is 12.2. The molecule has 6 heteroatoms. The topological polar surface area (TPSA) is 82.5 Å². The molecule has 32 heavy (non-hydrogen) atoms. The van der Waals surface area contributed by atoms with Gasteiger partial charge in [0, 0.05) is 18.3 Å². The number of aliphatic hydroxyl groups excluding tert-OH is 1. The van der Waals surface area contributed by atoms with E-state index < -0.39 is 6.10 Å². The molecule has 0 unspecified atom stereocenters. The van der Waals surface area contributed by atoms with Gasteiger partial charge >= 0.3 is 0 Å². The molecule has 4 aromatic rings. The number of nitrogens with zero attached hydrogens (tertiary/aromatic N) is 3. The molecule has 0 spiro atoms. The Kier molecular flexibility index (Phi) is 6.29. The average molecular weight is 429 g/mol. The second-order valence-electron chi connectivity index (χ2n) is 8.25. The summed E-state index contributed by atoms with van der Waals surface area (Å²) in [5.41, 5.74) is 5.24. The average Bonchev–Trinajstić information content (AvgIpc) is 3.12. The molecule has 6 nitrogen and oxygen atoms in total.